The Kier molecular flexibility index (Phi) is 6.32. The number of rotatable bonds is 8. The number of methoxy groups -OCH3 is 1. The van der Waals surface area contributed by atoms with Crippen molar-refractivity contribution in [3.8, 4) is 11.5 Å². The maximum atomic E-state index is 11.9. The molecule has 0 aliphatic carbocycles. The van der Waals surface area contributed by atoms with Crippen LogP contribution in [-0.2, 0) is 4.79 Å². The van der Waals surface area contributed by atoms with Gasteiger partial charge in [-0.25, -0.2) is 10.4 Å². The Morgan fingerprint density at radius 1 is 1.30 bits per heavy atom. The molecule has 1 aromatic heterocycles. The van der Waals surface area contributed by atoms with Crippen LogP contribution < -0.4 is 14.9 Å². The fourth-order valence-corrected chi connectivity index (χ4v) is 2.92. The van der Waals surface area contributed by atoms with E-state index < -0.39 is 0 Å². The Hall–Kier alpha value is -3.00. The van der Waals surface area contributed by atoms with E-state index in [1.165, 1.54) is 11.8 Å². The van der Waals surface area contributed by atoms with Gasteiger partial charge in [-0.15, -0.1) is 0 Å². The number of carbonyl (C=O) groups excluding carboxylic acids is 1. The Morgan fingerprint density at radius 3 is 2.93 bits per heavy atom. The van der Waals surface area contributed by atoms with Crippen LogP contribution in [0.4, 0.5) is 0 Å². The number of ether oxygens (including phenoxy) is 2. The highest BCUT2D eigenvalue weighted by atomic mass is 32.2. The summed E-state index contributed by atoms with van der Waals surface area (Å²) in [6.45, 7) is 2.46. The molecular weight excluding hydrogens is 366 g/mol. The van der Waals surface area contributed by atoms with Crippen LogP contribution in [0.25, 0.3) is 11.1 Å². The first-order valence-corrected chi connectivity index (χ1v) is 9.29. The second-order valence-electron chi connectivity index (χ2n) is 5.37. The molecule has 0 radical (unpaired) electrons. The molecule has 0 aliphatic heterocycles. The predicted octanol–water partition coefficient (Wildman–Crippen LogP) is 3.48. The minimum atomic E-state index is -0.253. The van der Waals surface area contributed by atoms with Gasteiger partial charge in [0.1, 0.15) is 5.52 Å². The number of nitrogens with one attached hydrogen (secondary N) is 1. The first-order chi connectivity index (χ1) is 13.2. The first kappa shape index (κ1) is 18.8. The van der Waals surface area contributed by atoms with E-state index in [0.717, 1.165) is 11.1 Å². The zero-order chi connectivity index (χ0) is 19.1. The molecule has 2 aromatic carbocycles. The standard InChI is InChI=1S/C19H19N3O4S/c1-3-25-16-9-8-13(10-17(16)24-2)11-20-22-18(23)12-27-19-21-14-6-4-5-7-15(14)26-19/h4-11H,3,12H2,1-2H3,(H,22,23)/b20-11-. The summed E-state index contributed by atoms with van der Waals surface area (Å²) in [5.41, 5.74) is 4.72. The van der Waals surface area contributed by atoms with Gasteiger partial charge in [0.15, 0.2) is 17.1 Å². The van der Waals surface area contributed by atoms with Gasteiger partial charge in [0.25, 0.3) is 11.1 Å². The molecule has 7 nitrogen and oxygen atoms in total. The van der Waals surface area contributed by atoms with E-state index in [-0.39, 0.29) is 11.7 Å². The lowest BCUT2D eigenvalue weighted by molar-refractivity contribution is -0.118. The van der Waals surface area contributed by atoms with Crippen molar-refractivity contribution in [1.29, 1.82) is 0 Å². The number of carbonyl (C=O) groups is 1. The van der Waals surface area contributed by atoms with Crippen LogP contribution in [0.15, 0.2) is 57.2 Å². The molecule has 3 aromatic rings. The second-order valence-corrected chi connectivity index (χ2v) is 6.30. The third-order valence-corrected chi connectivity index (χ3v) is 4.32. The summed E-state index contributed by atoms with van der Waals surface area (Å²) in [7, 11) is 1.57. The lowest BCUT2D eigenvalue weighted by Gasteiger charge is -2.09. The van der Waals surface area contributed by atoms with Crippen molar-refractivity contribution in [1.82, 2.24) is 10.4 Å². The summed E-state index contributed by atoms with van der Waals surface area (Å²) in [4.78, 5) is 16.2. The van der Waals surface area contributed by atoms with Gasteiger partial charge in [0.05, 0.1) is 25.7 Å². The number of para-hydroxylation sites is 2. The molecule has 1 amide bonds. The van der Waals surface area contributed by atoms with Crippen LogP contribution in [0, 0.1) is 0 Å². The maximum absolute atomic E-state index is 11.9. The summed E-state index contributed by atoms with van der Waals surface area (Å²) in [6, 6.07) is 12.9. The summed E-state index contributed by atoms with van der Waals surface area (Å²) in [5.74, 6) is 1.17. The number of benzene rings is 2. The lowest BCUT2D eigenvalue weighted by atomic mass is 10.2. The van der Waals surface area contributed by atoms with E-state index in [0.29, 0.717) is 28.9 Å². The first-order valence-electron chi connectivity index (χ1n) is 8.30. The summed E-state index contributed by atoms with van der Waals surface area (Å²) in [6.07, 6.45) is 1.54. The molecule has 27 heavy (non-hydrogen) atoms. The highest BCUT2D eigenvalue weighted by Crippen LogP contribution is 2.27. The Bertz CT molecular complexity index is 922. The smallest absolute Gasteiger partial charge is 0.257 e. The van der Waals surface area contributed by atoms with Crippen LogP contribution >= 0.6 is 11.8 Å². The van der Waals surface area contributed by atoms with Gasteiger partial charge in [-0.2, -0.15) is 5.10 Å². The van der Waals surface area contributed by atoms with Gasteiger partial charge in [-0.3, -0.25) is 4.79 Å². The number of hydrogen-bond donors (Lipinski definition) is 1. The largest absolute Gasteiger partial charge is 0.493 e. The molecule has 0 aliphatic rings. The Morgan fingerprint density at radius 2 is 2.15 bits per heavy atom. The molecular formula is C19H19N3O4S. The summed E-state index contributed by atoms with van der Waals surface area (Å²) in [5, 5.41) is 4.41. The van der Waals surface area contributed by atoms with Crippen molar-refractivity contribution in [2.75, 3.05) is 19.5 Å². The van der Waals surface area contributed by atoms with Gasteiger partial charge < -0.3 is 13.9 Å². The minimum absolute atomic E-state index is 0.150. The van der Waals surface area contributed by atoms with Crippen molar-refractivity contribution >= 4 is 35.0 Å². The van der Waals surface area contributed by atoms with E-state index in [1.54, 1.807) is 25.5 Å². The maximum Gasteiger partial charge on any atom is 0.257 e. The van der Waals surface area contributed by atoms with Crippen molar-refractivity contribution in [3.05, 3.63) is 48.0 Å². The van der Waals surface area contributed by atoms with Gasteiger partial charge in [-0.05, 0) is 42.8 Å². The Balaban J connectivity index is 1.52. The van der Waals surface area contributed by atoms with Crippen LogP contribution in [0.2, 0.25) is 0 Å². The molecule has 0 saturated heterocycles. The topological polar surface area (TPSA) is 86.0 Å². The molecule has 0 bridgehead atoms. The average molecular weight is 385 g/mol. The molecule has 1 N–H and O–H groups in total. The monoisotopic (exact) mass is 385 g/mol. The van der Waals surface area contributed by atoms with Crippen molar-refractivity contribution < 1.29 is 18.7 Å². The van der Waals surface area contributed by atoms with Crippen molar-refractivity contribution in [3.63, 3.8) is 0 Å². The highest BCUT2D eigenvalue weighted by Gasteiger charge is 2.08. The molecule has 0 unspecified atom stereocenters. The van der Waals surface area contributed by atoms with Gasteiger partial charge in [0, 0.05) is 0 Å². The molecule has 3 rings (SSSR count). The van der Waals surface area contributed by atoms with E-state index in [1.807, 2.05) is 37.3 Å². The van der Waals surface area contributed by atoms with Crippen LogP contribution in [-0.4, -0.2) is 36.6 Å². The number of nitrogens with zero attached hydrogens (tertiary/aromatic N) is 2. The lowest BCUT2D eigenvalue weighted by Crippen LogP contribution is -2.19. The summed E-state index contributed by atoms with van der Waals surface area (Å²) < 4.78 is 16.3. The van der Waals surface area contributed by atoms with Crippen LogP contribution in [0.5, 0.6) is 11.5 Å². The predicted molar refractivity (Wildman–Crippen MR) is 105 cm³/mol. The Labute approximate surface area is 160 Å². The number of aromatic nitrogens is 1. The number of oxazole rings is 1. The van der Waals surface area contributed by atoms with E-state index in [4.69, 9.17) is 13.9 Å². The van der Waals surface area contributed by atoms with Crippen LogP contribution in [0.1, 0.15) is 12.5 Å². The SMILES string of the molecule is CCOc1ccc(/C=N\NC(=O)CSc2nc3ccccc3o2)cc1OC. The minimum Gasteiger partial charge on any atom is -0.493 e. The van der Waals surface area contributed by atoms with Gasteiger partial charge in [0.2, 0.25) is 0 Å². The molecule has 0 saturated carbocycles. The molecule has 8 heteroatoms. The van der Waals surface area contributed by atoms with E-state index in [9.17, 15) is 4.79 Å². The third-order valence-electron chi connectivity index (χ3n) is 3.49. The van der Waals surface area contributed by atoms with Crippen molar-refractivity contribution in [2.24, 2.45) is 5.10 Å². The van der Waals surface area contributed by atoms with Crippen LogP contribution in [0.3, 0.4) is 0 Å². The average Bonchev–Trinajstić information content (AvgIpc) is 3.10. The second kappa shape index (κ2) is 9.09. The zero-order valence-corrected chi connectivity index (χ0v) is 15.8. The molecule has 140 valence electrons. The van der Waals surface area contributed by atoms with Crippen molar-refractivity contribution in [2.45, 2.75) is 12.1 Å². The molecule has 0 spiro atoms. The van der Waals surface area contributed by atoms with Gasteiger partial charge >= 0.3 is 0 Å². The highest BCUT2D eigenvalue weighted by molar-refractivity contribution is 7.99. The zero-order valence-electron chi connectivity index (χ0n) is 15.0. The normalized spacial score (nSPS) is 11.0. The molecule has 1 heterocycles. The number of hydrazone groups is 1. The number of amides is 1. The van der Waals surface area contributed by atoms with E-state index in [2.05, 4.69) is 15.5 Å². The number of fused-ring (bicyclic) bond motifs is 1. The van der Waals surface area contributed by atoms with E-state index >= 15 is 0 Å². The molecule has 0 atom stereocenters. The van der Waals surface area contributed by atoms with Gasteiger partial charge in [-0.1, -0.05) is 23.9 Å². The number of thioether (sulfide) groups is 1. The fourth-order valence-electron chi connectivity index (χ4n) is 2.29. The third kappa shape index (κ3) is 5.01. The number of hydrogen-bond acceptors (Lipinski definition) is 7. The summed E-state index contributed by atoms with van der Waals surface area (Å²) >= 11 is 1.21. The fraction of sp³-hybridized carbons (Fsp3) is 0.211. The quantitative estimate of drug-likeness (QED) is 0.363. The molecule has 0 fully saturated rings.